The van der Waals surface area contributed by atoms with Crippen LogP contribution < -0.4 is 11.1 Å². The third-order valence-electron chi connectivity index (χ3n) is 3.91. The molecule has 1 atom stereocenters. The number of carbonyl (C=O) groups is 1. The van der Waals surface area contributed by atoms with Crippen LogP contribution in [0.1, 0.15) is 43.1 Å². The van der Waals surface area contributed by atoms with Crippen molar-refractivity contribution in [3.05, 3.63) is 24.0 Å². The molecule has 3 rings (SSSR count). The third-order valence-corrected chi connectivity index (χ3v) is 3.91. The van der Waals surface area contributed by atoms with Crippen LogP contribution in [-0.2, 0) is 0 Å². The van der Waals surface area contributed by atoms with Gasteiger partial charge in [-0.25, -0.2) is 9.67 Å². The van der Waals surface area contributed by atoms with Gasteiger partial charge in [0.25, 0.3) is 5.91 Å². The van der Waals surface area contributed by atoms with E-state index in [1.807, 2.05) is 24.6 Å². The van der Waals surface area contributed by atoms with Crippen LogP contribution in [0, 0.1) is 5.92 Å². The van der Waals surface area contributed by atoms with E-state index in [0.29, 0.717) is 18.0 Å². The fourth-order valence-electron chi connectivity index (χ4n) is 2.45. The molecule has 0 radical (unpaired) electrons. The molecule has 0 aromatic carbocycles. The molecular weight excluding hydrogens is 266 g/mol. The number of hydrogen-bond donors (Lipinski definition) is 2. The molecule has 1 amide bonds. The van der Waals surface area contributed by atoms with Crippen molar-refractivity contribution in [1.82, 2.24) is 20.1 Å². The van der Waals surface area contributed by atoms with Crippen molar-refractivity contribution < 1.29 is 4.79 Å². The lowest BCUT2D eigenvalue weighted by Gasteiger charge is -2.11. The number of nitrogens with one attached hydrogen (secondary N) is 1. The maximum absolute atomic E-state index is 12.1. The van der Waals surface area contributed by atoms with Crippen molar-refractivity contribution in [2.75, 3.05) is 6.54 Å². The van der Waals surface area contributed by atoms with Gasteiger partial charge in [0.05, 0.1) is 11.8 Å². The van der Waals surface area contributed by atoms with E-state index in [1.54, 1.807) is 12.4 Å². The zero-order valence-corrected chi connectivity index (χ0v) is 12.4. The number of carbonyl (C=O) groups excluding carboxylic acids is 1. The first-order chi connectivity index (χ1) is 10.1. The minimum atomic E-state index is -0.127. The van der Waals surface area contributed by atoms with E-state index in [4.69, 9.17) is 5.73 Å². The van der Waals surface area contributed by atoms with Gasteiger partial charge in [-0.1, -0.05) is 0 Å². The van der Waals surface area contributed by atoms with Crippen LogP contribution in [0.2, 0.25) is 0 Å². The largest absolute Gasteiger partial charge is 0.350 e. The minimum absolute atomic E-state index is 0.0642. The average molecular weight is 287 g/mol. The Hall–Kier alpha value is -1.95. The second-order valence-electron chi connectivity index (χ2n) is 6.03. The van der Waals surface area contributed by atoms with Crippen LogP contribution in [-0.4, -0.2) is 33.3 Å². The van der Waals surface area contributed by atoms with Crippen LogP contribution in [0.5, 0.6) is 0 Å². The topological polar surface area (TPSA) is 85.8 Å². The Balaban J connectivity index is 1.72. The smallest absolute Gasteiger partial charge is 0.252 e. The first-order valence-electron chi connectivity index (χ1n) is 7.43. The predicted octanol–water partition coefficient (Wildman–Crippen LogP) is 1.48. The number of amides is 1. The van der Waals surface area contributed by atoms with Gasteiger partial charge in [0.2, 0.25) is 0 Å². The second-order valence-corrected chi connectivity index (χ2v) is 6.03. The number of fused-ring (bicyclic) bond motifs is 1. The van der Waals surface area contributed by atoms with Crippen LogP contribution in [0.4, 0.5) is 0 Å². The maximum atomic E-state index is 12.1. The first kappa shape index (κ1) is 14.0. The summed E-state index contributed by atoms with van der Waals surface area (Å²) in [5, 5.41) is 8.06. The van der Waals surface area contributed by atoms with Gasteiger partial charge in [0.15, 0.2) is 5.65 Å². The summed E-state index contributed by atoms with van der Waals surface area (Å²) in [6, 6.07) is 2.13. The summed E-state index contributed by atoms with van der Waals surface area (Å²) in [7, 11) is 0. The summed E-state index contributed by atoms with van der Waals surface area (Å²) < 4.78 is 1.85. The number of hydrogen-bond acceptors (Lipinski definition) is 4. The van der Waals surface area contributed by atoms with Gasteiger partial charge in [-0.3, -0.25) is 4.79 Å². The second kappa shape index (κ2) is 5.44. The summed E-state index contributed by atoms with van der Waals surface area (Å²) in [6.07, 6.45) is 5.70. The normalized spacial score (nSPS) is 16.4. The molecule has 21 heavy (non-hydrogen) atoms. The Morgan fingerprint density at radius 3 is 2.90 bits per heavy atom. The lowest BCUT2D eigenvalue weighted by molar-refractivity contribution is 0.0950. The summed E-state index contributed by atoms with van der Waals surface area (Å²) in [6.45, 7) is 4.62. The molecule has 1 fully saturated rings. The molecule has 0 spiro atoms. The molecule has 3 N–H and O–H groups in total. The zero-order valence-electron chi connectivity index (χ0n) is 12.4. The van der Waals surface area contributed by atoms with Gasteiger partial charge in [-0.15, -0.1) is 0 Å². The molecular formula is C15H21N5O. The maximum Gasteiger partial charge on any atom is 0.252 e. The van der Waals surface area contributed by atoms with Gasteiger partial charge in [0.1, 0.15) is 0 Å². The van der Waals surface area contributed by atoms with E-state index < -0.39 is 0 Å². The lowest BCUT2D eigenvalue weighted by Crippen LogP contribution is -2.38. The Labute approximate surface area is 123 Å². The highest BCUT2D eigenvalue weighted by Gasteiger charge is 2.28. The van der Waals surface area contributed by atoms with Crippen molar-refractivity contribution in [2.24, 2.45) is 11.7 Å². The molecule has 0 saturated heterocycles. The average Bonchev–Trinajstić information content (AvgIpc) is 3.23. The highest BCUT2D eigenvalue weighted by molar-refractivity contribution is 5.96. The molecule has 1 unspecified atom stereocenters. The molecule has 1 aliphatic rings. The SMILES string of the molecule is CC(C)n1ncc2cc(C(=O)NCC(N)C3CC3)cnc21. The predicted molar refractivity (Wildman–Crippen MR) is 80.9 cm³/mol. The molecule has 112 valence electrons. The fraction of sp³-hybridized carbons (Fsp3) is 0.533. The minimum Gasteiger partial charge on any atom is -0.350 e. The lowest BCUT2D eigenvalue weighted by atomic mass is 10.2. The van der Waals surface area contributed by atoms with E-state index >= 15 is 0 Å². The Kier molecular flexibility index (Phi) is 3.63. The number of nitrogens with two attached hydrogens (primary N) is 1. The van der Waals surface area contributed by atoms with E-state index in [-0.39, 0.29) is 18.0 Å². The molecule has 1 aliphatic carbocycles. The molecule has 6 nitrogen and oxygen atoms in total. The highest BCUT2D eigenvalue weighted by atomic mass is 16.1. The summed E-state index contributed by atoms with van der Waals surface area (Å²) in [4.78, 5) is 16.5. The van der Waals surface area contributed by atoms with Crippen LogP contribution in [0.15, 0.2) is 18.5 Å². The number of aromatic nitrogens is 3. The van der Waals surface area contributed by atoms with E-state index in [0.717, 1.165) is 11.0 Å². The fourth-order valence-corrected chi connectivity index (χ4v) is 2.45. The molecule has 0 bridgehead atoms. The summed E-state index contributed by atoms with van der Waals surface area (Å²) in [5.74, 6) is 0.452. The Bertz CT molecular complexity index is 659. The zero-order chi connectivity index (χ0) is 15.0. The van der Waals surface area contributed by atoms with Gasteiger partial charge < -0.3 is 11.1 Å². The summed E-state index contributed by atoms with van der Waals surface area (Å²) >= 11 is 0. The highest BCUT2D eigenvalue weighted by Crippen LogP contribution is 2.31. The van der Waals surface area contributed by atoms with Gasteiger partial charge >= 0.3 is 0 Å². The standard InChI is InChI=1S/C15H21N5O/c1-9(2)20-14-11(7-19-20)5-12(6-17-14)15(21)18-8-13(16)10-3-4-10/h5-7,9-10,13H,3-4,8,16H2,1-2H3,(H,18,21). The van der Waals surface area contributed by atoms with E-state index in [2.05, 4.69) is 15.4 Å². The number of nitrogens with zero attached hydrogens (tertiary/aromatic N) is 3. The van der Waals surface area contributed by atoms with Crippen LogP contribution in [0.25, 0.3) is 11.0 Å². The Morgan fingerprint density at radius 2 is 2.24 bits per heavy atom. The van der Waals surface area contributed by atoms with Crippen molar-refractivity contribution >= 4 is 16.9 Å². The molecule has 2 heterocycles. The van der Waals surface area contributed by atoms with Crippen molar-refractivity contribution in [2.45, 2.75) is 38.8 Å². The Morgan fingerprint density at radius 1 is 1.48 bits per heavy atom. The first-order valence-corrected chi connectivity index (χ1v) is 7.43. The van der Waals surface area contributed by atoms with Gasteiger partial charge in [-0.2, -0.15) is 5.10 Å². The number of pyridine rings is 1. The van der Waals surface area contributed by atoms with Crippen LogP contribution in [0.3, 0.4) is 0 Å². The molecule has 6 heteroatoms. The molecule has 1 saturated carbocycles. The van der Waals surface area contributed by atoms with E-state index in [9.17, 15) is 4.79 Å². The van der Waals surface area contributed by atoms with Crippen molar-refractivity contribution in [1.29, 1.82) is 0 Å². The molecule has 2 aromatic heterocycles. The van der Waals surface area contributed by atoms with Crippen molar-refractivity contribution in [3.8, 4) is 0 Å². The van der Waals surface area contributed by atoms with Crippen molar-refractivity contribution in [3.63, 3.8) is 0 Å². The van der Waals surface area contributed by atoms with Crippen LogP contribution >= 0.6 is 0 Å². The third kappa shape index (κ3) is 2.90. The van der Waals surface area contributed by atoms with Gasteiger partial charge in [-0.05, 0) is 38.7 Å². The summed E-state index contributed by atoms with van der Waals surface area (Å²) in [5.41, 5.74) is 7.34. The van der Waals surface area contributed by atoms with Gasteiger partial charge in [0, 0.05) is 30.2 Å². The quantitative estimate of drug-likeness (QED) is 0.872. The molecule has 0 aliphatic heterocycles. The monoisotopic (exact) mass is 287 g/mol. The van der Waals surface area contributed by atoms with E-state index in [1.165, 1.54) is 12.8 Å². The number of rotatable bonds is 5. The molecule has 2 aromatic rings.